The smallest absolute Gasteiger partial charge is 0.306 e. The minimum absolute atomic E-state index is 0.00179. The highest BCUT2D eigenvalue weighted by Gasteiger charge is 2.46. The van der Waals surface area contributed by atoms with E-state index >= 15 is 0 Å². The molecule has 2 amide bonds. The van der Waals surface area contributed by atoms with Gasteiger partial charge in [-0.3, -0.25) is 9.80 Å². The Morgan fingerprint density at radius 3 is 2.35 bits per heavy atom. The summed E-state index contributed by atoms with van der Waals surface area (Å²) >= 11 is 6.30. The van der Waals surface area contributed by atoms with Crippen LogP contribution in [0.1, 0.15) is 40.7 Å². The Bertz CT molecular complexity index is 1210. The molecule has 1 N–H and O–H groups in total. The van der Waals surface area contributed by atoms with E-state index in [4.69, 9.17) is 11.6 Å². The number of nitrogens with zero attached hydrogens (tertiary/aromatic N) is 2. The number of piperidine rings is 1. The molecule has 0 atom stereocenters. The van der Waals surface area contributed by atoms with Crippen LogP contribution in [0.5, 0.6) is 0 Å². The molecule has 0 aromatic heterocycles. The molecule has 176 valence electrons. The number of carbonyl (C=O) groups excluding carboxylic acids is 1. The number of carbonyl (C=O) groups is 1. The molecule has 0 bridgehead atoms. The van der Waals surface area contributed by atoms with Crippen LogP contribution in [0.4, 0.5) is 16.2 Å². The Hall–Kier alpha value is -2.82. The first kappa shape index (κ1) is 22.9. The molecular formula is C29H32ClN3O. The number of aryl methyl sites for hydroxylation is 3. The maximum atomic E-state index is 13.4. The number of nitrogens with one attached hydrogen (secondary N) is 1. The summed E-state index contributed by atoms with van der Waals surface area (Å²) in [5.74, 6) is 0. The summed E-state index contributed by atoms with van der Waals surface area (Å²) in [6.07, 6.45) is 2.09. The van der Waals surface area contributed by atoms with Crippen molar-refractivity contribution >= 4 is 29.0 Å². The lowest BCUT2D eigenvalue weighted by atomic mass is 9.74. The highest BCUT2D eigenvalue weighted by atomic mass is 35.5. The average Bonchev–Trinajstić information content (AvgIpc) is 3.10. The number of halogens is 1. The van der Waals surface area contributed by atoms with Gasteiger partial charge in [-0.15, -0.1) is 0 Å². The molecule has 0 unspecified atom stereocenters. The zero-order valence-electron chi connectivity index (χ0n) is 20.2. The van der Waals surface area contributed by atoms with Gasteiger partial charge < -0.3 is 5.32 Å². The zero-order chi connectivity index (χ0) is 23.9. The predicted molar refractivity (Wildman–Crippen MR) is 141 cm³/mol. The van der Waals surface area contributed by atoms with Crippen LogP contribution in [0.25, 0.3) is 0 Å². The molecule has 4 nitrogen and oxygen atoms in total. The average molecular weight is 474 g/mol. The van der Waals surface area contributed by atoms with Crippen molar-refractivity contribution in [3.05, 3.63) is 93.5 Å². The molecule has 2 aliphatic heterocycles. The molecule has 0 aliphatic carbocycles. The molecular weight excluding hydrogens is 442 g/mol. The third kappa shape index (κ3) is 4.45. The molecule has 3 aromatic rings. The van der Waals surface area contributed by atoms with E-state index in [-0.39, 0.29) is 11.4 Å². The van der Waals surface area contributed by atoms with Gasteiger partial charge in [0.2, 0.25) is 0 Å². The maximum absolute atomic E-state index is 13.4. The van der Waals surface area contributed by atoms with Crippen LogP contribution in [-0.4, -0.2) is 30.6 Å². The van der Waals surface area contributed by atoms with Crippen molar-refractivity contribution in [2.45, 2.75) is 45.6 Å². The molecule has 1 fully saturated rings. The second-order valence-electron chi connectivity index (χ2n) is 10.1. The Morgan fingerprint density at radius 1 is 0.941 bits per heavy atom. The first-order chi connectivity index (χ1) is 16.3. The number of rotatable bonds is 3. The van der Waals surface area contributed by atoms with E-state index in [0.29, 0.717) is 17.3 Å². The summed E-state index contributed by atoms with van der Waals surface area (Å²) in [6, 6.07) is 20.6. The third-order valence-corrected chi connectivity index (χ3v) is 7.67. The Balaban J connectivity index is 1.35. The fourth-order valence-corrected chi connectivity index (χ4v) is 5.88. The minimum Gasteiger partial charge on any atom is -0.306 e. The van der Waals surface area contributed by atoms with Crippen LogP contribution in [0.15, 0.2) is 60.7 Å². The number of benzene rings is 3. The van der Waals surface area contributed by atoms with Gasteiger partial charge in [0.1, 0.15) is 0 Å². The van der Waals surface area contributed by atoms with E-state index in [1.165, 1.54) is 27.8 Å². The lowest BCUT2D eigenvalue weighted by Crippen LogP contribution is -2.46. The number of likely N-dealkylation sites (tertiary alicyclic amines) is 1. The lowest BCUT2D eigenvalue weighted by Gasteiger charge is -2.40. The van der Waals surface area contributed by atoms with Gasteiger partial charge in [-0.05, 0) is 76.0 Å². The summed E-state index contributed by atoms with van der Waals surface area (Å²) in [6.45, 7) is 10.2. The van der Waals surface area contributed by atoms with Crippen molar-refractivity contribution in [2.24, 2.45) is 0 Å². The van der Waals surface area contributed by atoms with Crippen LogP contribution < -0.4 is 10.2 Å². The summed E-state index contributed by atoms with van der Waals surface area (Å²) in [4.78, 5) is 17.8. The number of hydrogen-bond acceptors (Lipinski definition) is 2. The van der Waals surface area contributed by atoms with Crippen molar-refractivity contribution in [3.63, 3.8) is 0 Å². The van der Waals surface area contributed by atoms with Gasteiger partial charge in [0.15, 0.2) is 0 Å². The Kier molecular flexibility index (Phi) is 6.13. The number of para-hydroxylation sites is 1. The molecule has 5 rings (SSSR count). The van der Waals surface area contributed by atoms with Crippen molar-refractivity contribution in [2.75, 3.05) is 29.9 Å². The number of urea groups is 1. The fourth-order valence-electron chi connectivity index (χ4n) is 5.69. The van der Waals surface area contributed by atoms with Gasteiger partial charge in [0.25, 0.3) is 0 Å². The largest absolute Gasteiger partial charge is 0.326 e. The SMILES string of the molecule is Cc1cc(C)cc(CN2CCC3(CC2)CN(C(=O)Nc2ccccc2Cl)c2ccc(C)cc23)c1. The minimum atomic E-state index is -0.118. The topological polar surface area (TPSA) is 35.6 Å². The second kappa shape index (κ2) is 9.09. The molecule has 0 saturated carbocycles. The molecule has 1 saturated heterocycles. The summed E-state index contributed by atoms with van der Waals surface area (Å²) in [5.41, 5.74) is 8.25. The standard InChI is InChI=1S/C29H32ClN3O/c1-20-8-9-27-24(17-20)29(19-33(27)28(34)31-26-7-5-4-6-25(26)30)10-12-32(13-11-29)18-23-15-21(2)14-22(3)16-23/h4-9,14-17H,10-13,18-19H2,1-3H3,(H,31,34). The van der Waals surface area contributed by atoms with Crippen LogP contribution in [0, 0.1) is 20.8 Å². The molecule has 0 radical (unpaired) electrons. The fraction of sp³-hybridized carbons (Fsp3) is 0.345. The van der Waals surface area contributed by atoms with Gasteiger partial charge in [0, 0.05) is 24.2 Å². The molecule has 5 heteroatoms. The number of amides is 2. The van der Waals surface area contributed by atoms with E-state index in [2.05, 4.69) is 67.4 Å². The lowest BCUT2D eigenvalue weighted by molar-refractivity contribution is 0.160. The quantitative estimate of drug-likeness (QED) is 0.451. The maximum Gasteiger partial charge on any atom is 0.326 e. The van der Waals surface area contributed by atoms with E-state index in [0.717, 1.165) is 38.2 Å². The number of anilines is 2. The molecule has 3 aromatic carbocycles. The zero-order valence-corrected chi connectivity index (χ0v) is 21.0. The van der Waals surface area contributed by atoms with E-state index in [1.807, 2.05) is 23.1 Å². The first-order valence-corrected chi connectivity index (χ1v) is 12.4. The van der Waals surface area contributed by atoms with Gasteiger partial charge in [0.05, 0.1) is 10.7 Å². The molecule has 1 spiro atoms. The molecule has 34 heavy (non-hydrogen) atoms. The summed E-state index contributed by atoms with van der Waals surface area (Å²) < 4.78 is 0. The van der Waals surface area contributed by atoms with E-state index < -0.39 is 0 Å². The second-order valence-corrected chi connectivity index (χ2v) is 10.5. The summed E-state index contributed by atoms with van der Waals surface area (Å²) in [7, 11) is 0. The highest BCUT2D eigenvalue weighted by Crippen LogP contribution is 2.47. The van der Waals surface area contributed by atoms with Crippen LogP contribution in [-0.2, 0) is 12.0 Å². The van der Waals surface area contributed by atoms with Gasteiger partial charge in [-0.2, -0.15) is 0 Å². The Morgan fingerprint density at radius 2 is 1.65 bits per heavy atom. The van der Waals surface area contributed by atoms with Gasteiger partial charge in [-0.1, -0.05) is 70.8 Å². The highest BCUT2D eigenvalue weighted by molar-refractivity contribution is 6.33. The van der Waals surface area contributed by atoms with Crippen LogP contribution in [0.3, 0.4) is 0 Å². The van der Waals surface area contributed by atoms with Crippen molar-refractivity contribution in [3.8, 4) is 0 Å². The van der Waals surface area contributed by atoms with Gasteiger partial charge in [-0.25, -0.2) is 4.79 Å². The molecule has 2 heterocycles. The van der Waals surface area contributed by atoms with Crippen LogP contribution >= 0.6 is 11.6 Å². The predicted octanol–water partition coefficient (Wildman–Crippen LogP) is 6.85. The first-order valence-electron chi connectivity index (χ1n) is 12.1. The van der Waals surface area contributed by atoms with Crippen molar-refractivity contribution < 1.29 is 4.79 Å². The third-order valence-electron chi connectivity index (χ3n) is 7.34. The monoisotopic (exact) mass is 473 g/mol. The van der Waals surface area contributed by atoms with Crippen molar-refractivity contribution in [1.82, 2.24) is 4.90 Å². The number of fused-ring (bicyclic) bond motifs is 2. The van der Waals surface area contributed by atoms with Crippen LogP contribution in [0.2, 0.25) is 5.02 Å². The van der Waals surface area contributed by atoms with E-state index in [1.54, 1.807) is 6.07 Å². The summed E-state index contributed by atoms with van der Waals surface area (Å²) in [5, 5.41) is 3.58. The Labute approximate surface area is 207 Å². The molecule has 2 aliphatic rings. The normalized spacial score (nSPS) is 17.1. The number of hydrogen-bond donors (Lipinski definition) is 1. The van der Waals surface area contributed by atoms with Gasteiger partial charge >= 0.3 is 6.03 Å². The van der Waals surface area contributed by atoms with E-state index in [9.17, 15) is 4.79 Å². The van der Waals surface area contributed by atoms with Crippen molar-refractivity contribution in [1.29, 1.82) is 0 Å².